The first-order valence-corrected chi connectivity index (χ1v) is 11.8. The number of piperazine rings is 1. The van der Waals surface area contributed by atoms with E-state index in [1.165, 1.54) is 28.1 Å². The molecule has 1 aromatic rings. The number of halogens is 1. The molecule has 0 bridgehead atoms. The molecule has 4 aliphatic rings. The lowest BCUT2D eigenvalue weighted by Crippen LogP contribution is -2.44. The number of benzene rings is 1. The van der Waals surface area contributed by atoms with Crippen LogP contribution in [0.3, 0.4) is 0 Å². The van der Waals surface area contributed by atoms with Crippen molar-refractivity contribution in [2.45, 2.75) is 19.4 Å². The maximum absolute atomic E-state index is 9.36. The molecule has 3 heterocycles. The lowest BCUT2D eigenvalue weighted by Gasteiger charge is -2.41. The van der Waals surface area contributed by atoms with E-state index in [1.54, 1.807) is 10.5 Å². The number of rotatable bonds is 3. The third-order valence-corrected chi connectivity index (χ3v) is 7.59. The first kappa shape index (κ1) is 21.3. The Balaban J connectivity index is 1.58. The smallest absolute Gasteiger partial charge is 0.0911 e. The van der Waals surface area contributed by atoms with Gasteiger partial charge in [-0.3, -0.25) is 9.32 Å². The van der Waals surface area contributed by atoms with Crippen molar-refractivity contribution in [3.8, 4) is 6.07 Å². The Morgan fingerprint density at radius 3 is 2.69 bits per heavy atom. The summed E-state index contributed by atoms with van der Waals surface area (Å²) < 4.78 is 1.80. The van der Waals surface area contributed by atoms with Crippen molar-refractivity contribution in [3.05, 3.63) is 82.9 Å². The van der Waals surface area contributed by atoms with E-state index >= 15 is 0 Å². The highest BCUT2D eigenvalue weighted by Gasteiger charge is 2.51. The predicted octanol–water partition coefficient (Wildman–Crippen LogP) is 4.10. The summed E-state index contributed by atoms with van der Waals surface area (Å²) in [6, 6.07) is 13.0. The number of hydrogen-bond donors (Lipinski definition) is 0. The summed E-state index contributed by atoms with van der Waals surface area (Å²) in [5.74, 6) is 0. The molecule has 1 spiro atoms. The van der Waals surface area contributed by atoms with Crippen LogP contribution in [0.25, 0.3) is 0 Å². The highest BCUT2D eigenvalue weighted by atomic mass is 35.5. The average molecular weight is 448 g/mol. The van der Waals surface area contributed by atoms with Crippen LogP contribution in [0, 0.1) is 16.7 Å². The van der Waals surface area contributed by atoms with Crippen molar-refractivity contribution in [2.75, 3.05) is 46.3 Å². The van der Waals surface area contributed by atoms with Crippen LogP contribution in [0.5, 0.6) is 0 Å². The third kappa shape index (κ3) is 3.88. The van der Waals surface area contributed by atoms with Gasteiger partial charge in [0.15, 0.2) is 0 Å². The summed E-state index contributed by atoms with van der Waals surface area (Å²) in [7, 11) is 2.19. The zero-order valence-corrected chi connectivity index (χ0v) is 19.4. The quantitative estimate of drug-likeness (QED) is 0.515. The van der Waals surface area contributed by atoms with Crippen LogP contribution in [0.15, 0.2) is 77.3 Å². The van der Waals surface area contributed by atoms with Gasteiger partial charge in [-0.05, 0) is 37.1 Å². The van der Waals surface area contributed by atoms with Gasteiger partial charge in [0.2, 0.25) is 0 Å². The van der Waals surface area contributed by atoms with E-state index in [9.17, 15) is 5.26 Å². The van der Waals surface area contributed by atoms with Gasteiger partial charge in [-0.15, -0.1) is 0 Å². The fourth-order valence-electron chi connectivity index (χ4n) is 5.71. The molecule has 0 radical (unpaired) electrons. The van der Waals surface area contributed by atoms with Crippen molar-refractivity contribution in [1.29, 1.82) is 5.26 Å². The molecule has 5 rings (SSSR count). The van der Waals surface area contributed by atoms with E-state index in [0.29, 0.717) is 0 Å². The Kier molecular flexibility index (Phi) is 5.86. The predicted molar refractivity (Wildman–Crippen MR) is 128 cm³/mol. The van der Waals surface area contributed by atoms with Gasteiger partial charge in [0.1, 0.15) is 0 Å². The molecule has 1 aliphatic carbocycles. The van der Waals surface area contributed by atoms with Gasteiger partial charge in [-0.1, -0.05) is 42.0 Å². The number of allylic oxidation sites excluding steroid dienone is 4. The Morgan fingerprint density at radius 2 is 1.94 bits per heavy atom. The number of nitriles is 1. The second-order valence-corrected chi connectivity index (χ2v) is 9.76. The highest BCUT2D eigenvalue weighted by Crippen LogP contribution is 2.54. The molecule has 2 fully saturated rings. The Labute approximate surface area is 196 Å². The fraction of sp³-hybridized carbons (Fsp3) is 0.423. The second kappa shape index (κ2) is 8.78. The lowest BCUT2D eigenvalue weighted by atomic mass is 9.70. The monoisotopic (exact) mass is 447 g/mol. The first-order valence-electron chi connectivity index (χ1n) is 11.4. The molecule has 6 heteroatoms. The normalized spacial score (nSPS) is 27.8. The summed E-state index contributed by atoms with van der Waals surface area (Å²) in [5, 5.41) is 9.36. The standard InChI is InChI=1S/C26H30ClN5/c1-29-13-15-31(16-14-29)24-10-12-32(27)25-8-7-21(9-11-28)17-26(25)20-30(19-23(24)26)18-22-5-3-2-4-6-22/h2-6,8-10,12H,7,13-20H2,1H3. The van der Waals surface area contributed by atoms with Crippen LogP contribution in [0.1, 0.15) is 18.4 Å². The van der Waals surface area contributed by atoms with Gasteiger partial charge >= 0.3 is 0 Å². The van der Waals surface area contributed by atoms with Crippen molar-refractivity contribution in [1.82, 2.24) is 19.1 Å². The molecular formula is C26H30ClN5. The molecule has 0 N–H and O–H groups in total. The Bertz CT molecular complexity index is 1030. The van der Waals surface area contributed by atoms with E-state index < -0.39 is 0 Å². The van der Waals surface area contributed by atoms with Gasteiger partial charge < -0.3 is 9.80 Å². The van der Waals surface area contributed by atoms with Gasteiger partial charge in [-0.2, -0.15) is 5.26 Å². The van der Waals surface area contributed by atoms with E-state index in [0.717, 1.165) is 58.7 Å². The van der Waals surface area contributed by atoms with Crippen LogP contribution in [-0.2, 0) is 6.54 Å². The van der Waals surface area contributed by atoms with E-state index in [2.05, 4.69) is 70.3 Å². The van der Waals surface area contributed by atoms with Crippen molar-refractivity contribution < 1.29 is 0 Å². The van der Waals surface area contributed by atoms with Crippen LogP contribution in [-0.4, -0.2) is 65.4 Å². The van der Waals surface area contributed by atoms with Gasteiger partial charge in [0.25, 0.3) is 0 Å². The number of hydrogen-bond acceptors (Lipinski definition) is 5. The molecule has 5 nitrogen and oxygen atoms in total. The maximum Gasteiger partial charge on any atom is 0.0911 e. The number of nitrogens with zero attached hydrogens (tertiary/aromatic N) is 5. The highest BCUT2D eigenvalue weighted by molar-refractivity contribution is 6.15. The molecule has 1 aromatic carbocycles. The molecule has 1 unspecified atom stereocenters. The van der Waals surface area contributed by atoms with Gasteiger partial charge in [0, 0.05) is 81.3 Å². The molecule has 2 saturated heterocycles. The molecule has 3 aliphatic heterocycles. The Hall–Kier alpha value is -2.52. The molecule has 0 saturated carbocycles. The van der Waals surface area contributed by atoms with Crippen molar-refractivity contribution in [3.63, 3.8) is 0 Å². The van der Waals surface area contributed by atoms with Crippen LogP contribution < -0.4 is 0 Å². The molecule has 1 atom stereocenters. The van der Waals surface area contributed by atoms with Crippen LogP contribution in [0.2, 0.25) is 0 Å². The SMILES string of the molecule is CN1CCN(C2=C3CN(Cc4ccccc4)CC34CC(=CC#N)CC=C4N(Cl)C=C2)CC1. The van der Waals surface area contributed by atoms with Gasteiger partial charge in [-0.25, -0.2) is 0 Å². The molecular weight excluding hydrogens is 418 g/mol. The van der Waals surface area contributed by atoms with Crippen molar-refractivity contribution >= 4 is 11.8 Å². The molecule has 32 heavy (non-hydrogen) atoms. The van der Waals surface area contributed by atoms with Crippen LogP contribution in [0.4, 0.5) is 0 Å². The third-order valence-electron chi connectivity index (χ3n) is 7.29. The largest absolute Gasteiger partial charge is 0.369 e. The number of likely N-dealkylation sites (N-methyl/N-ethyl adjacent to an activating group) is 1. The minimum atomic E-state index is -0.195. The minimum Gasteiger partial charge on any atom is -0.369 e. The maximum atomic E-state index is 9.36. The summed E-state index contributed by atoms with van der Waals surface area (Å²) >= 11 is 6.84. The van der Waals surface area contributed by atoms with Crippen LogP contribution >= 0.6 is 11.8 Å². The van der Waals surface area contributed by atoms with E-state index in [1.807, 2.05) is 6.20 Å². The molecule has 0 aromatic heterocycles. The zero-order valence-electron chi connectivity index (χ0n) is 18.7. The summed E-state index contributed by atoms with van der Waals surface area (Å²) in [4.78, 5) is 7.48. The average Bonchev–Trinajstić information content (AvgIpc) is 3.07. The van der Waals surface area contributed by atoms with E-state index in [4.69, 9.17) is 11.8 Å². The topological polar surface area (TPSA) is 36.8 Å². The second-order valence-electron chi connectivity index (χ2n) is 9.40. The molecule has 166 valence electrons. The first-order chi connectivity index (χ1) is 15.6. The lowest BCUT2D eigenvalue weighted by molar-refractivity contribution is 0.187. The van der Waals surface area contributed by atoms with Crippen molar-refractivity contribution in [2.24, 2.45) is 5.41 Å². The Morgan fingerprint density at radius 1 is 1.16 bits per heavy atom. The van der Waals surface area contributed by atoms with E-state index in [-0.39, 0.29) is 5.41 Å². The summed E-state index contributed by atoms with van der Waals surface area (Å²) in [6.07, 6.45) is 9.87. The zero-order chi connectivity index (χ0) is 22.1. The van der Waals surface area contributed by atoms with Gasteiger partial charge in [0.05, 0.1) is 11.5 Å². The summed E-state index contributed by atoms with van der Waals surface area (Å²) in [5.41, 5.74) is 6.27. The fourth-order valence-corrected chi connectivity index (χ4v) is 6.00. The number of likely N-dealkylation sites (tertiary alicyclic amines) is 1. The minimum absolute atomic E-state index is 0.195. The summed E-state index contributed by atoms with van der Waals surface area (Å²) in [6.45, 7) is 6.93. The molecule has 0 amide bonds.